The van der Waals surface area contributed by atoms with Crippen LogP contribution in [0.25, 0.3) is 0 Å². The second-order valence-corrected chi connectivity index (χ2v) is 8.76. The maximum Gasteiger partial charge on any atom is 0.410 e. The molecule has 7 nitrogen and oxygen atoms in total. The number of carbonyl (C=O) groups is 2. The molecule has 2 saturated heterocycles. The minimum atomic E-state index is -0.780. The van der Waals surface area contributed by atoms with E-state index < -0.39 is 23.8 Å². The molecule has 2 aliphatic heterocycles. The Kier molecular flexibility index (Phi) is 6.67. The zero-order chi connectivity index (χ0) is 21.0. The second kappa shape index (κ2) is 9.03. The molecule has 29 heavy (non-hydrogen) atoms. The maximum atomic E-state index is 13.2. The fourth-order valence-corrected chi connectivity index (χ4v) is 4.03. The van der Waals surface area contributed by atoms with Gasteiger partial charge in [0.25, 0.3) is 0 Å². The van der Waals surface area contributed by atoms with Gasteiger partial charge in [0.15, 0.2) is 0 Å². The third-order valence-corrected chi connectivity index (χ3v) is 5.36. The Labute approximate surface area is 172 Å². The molecule has 0 bridgehead atoms. The molecule has 3 rings (SSSR count). The Morgan fingerprint density at radius 2 is 1.76 bits per heavy atom. The first-order valence-corrected chi connectivity index (χ1v) is 10.4. The van der Waals surface area contributed by atoms with Crippen LogP contribution in [0.4, 0.5) is 4.79 Å². The smallest absolute Gasteiger partial charge is 0.410 e. The van der Waals surface area contributed by atoms with E-state index in [4.69, 9.17) is 9.47 Å². The van der Waals surface area contributed by atoms with Crippen LogP contribution < -0.4 is 4.74 Å². The van der Waals surface area contributed by atoms with Gasteiger partial charge in [0.1, 0.15) is 30.1 Å². The van der Waals surface area contributed by atoms with Gasteiger partial charge in [-0.1, -0.05) is 18.2 Å². The van der Waals surface area contributed by atoms with Gasteiger partial charge in [0.2, 0.25) is 5.91 Å². The molecular weight excluding hydrogens is 372 g/mol. The number of aliphatic hydroxyl groups excluding tert-OH is 1. The Bertz CT molecular complexity index is 703. The van der Waals surface area contributed by atoms with Crippen LogP contribution in [0.5, 0.6) is 5.75 Å². The summed E-state index contributed by atoms with van der Waals surface area (Å²) in [6, 6.07) is 8.50. The molecule has 1 N–H and O–H groups in total. The standard InChI is InChI=1S/C22H32N2O5/c1-22(2,3)29-21(27)24-14-8-12-18(24)20(26)23-13-7-11-17(23)19(25)15-28-16-9-5-4-6-10-16/h4-6,9-10,17-19,25H,7-8,11-15H2,1-3H3/t17-,18-,19?/m0/s1. The monoisotopic (exact) mass is 404 g/mol. The summed E-state index contributed by atoms with van der Waals surface area (Å²) in [4.78, 5) is 29.0. The van der Waals surface area contributed by atoms with Crippen LogP contribution in [0.3, 0.4) is 0 Å². The molecule has 2 fully saturated rings. The van der Waals surface area contributed by atoms with Gasteiger partial charge in [0, 0.05) is 13.1 Å². The minimum Gasteiger partial charge on any atom is -0.491 e. The van der Waals surface area contributed by atoms with Crippen molar-refractivity contribution in [3.05, 3.63) is 30.3 Å². The first kappa shape index (κ1) is 21.4. The number of amides is 2. The van der Waals surface area contributed by atoms with Crippen molar-refractivity contribution < 1.29 is 24.2 Å². The number of hydrogen-bond donors (Lipinski definition) is 1. The predicted molar refractivity (Wildman–Crippen MR) is 109 cm³/mol. The molecule has 1 unspecified atom stereocenters. The lowest BCUT2D eigenvalue weighted by Crippen LogP contribution is -2.53. The van der Waals surface area contributed by atoms with E-state index in [0.717, 1.165) is 19.3 Å². The van der Waals surface area contributed by atoms with Crippen molar-refractivity contribution in [3.8, 4) is 5.75 Å². The molecule has 0 radical (unpaired) electrons. The van der Waals surface area contributed by atoms with Crippen molar-refractivity contribution in [2.75, 3.05) is 19.7 Å². The van der Waals surface area contributed by atoms with Gasteiger partial charge in [0.05, 0.1) is 6.04 Å². The molecule has 1 aromatic rings. The quantitative estimate of drug-likeness (QED) is 0.816. The molecule has 7 heteroatoms. The van der Waals surface area contributed by atoms with Crippen LogP contribution in [0.15, 0.2) is 30.3 Å². The third-order valence-electron chi connectivity index (χ3n) is 5.36. The minimum absolute atomic E-state index is 0.102. The van der Waals surface area contributed by atoms with Gasteiger partial charge in [-0.2, -0.15) is 0 Å². The van der Waals surface area contributed by atoms with Crippen LogP contribution >= 0.6 is 0 Å². The molecule has 2 aliphatic rings. The summed E-state index contributed by atoms with van der Waals surface area (Å²) in [6.45, 7) is 6.68. The number of ether oxygens (including phenoxy) is 2. The SMILES string of the molecule is CC(C)(C)OC(=O)N1CCC[C@H]1C(=O)N1CCC[C@H]1C(O)COc1ccccc1. The number of likely N-dealkylation sites (tertiary alicyclic amines) is 2. The first-order valence-electron chi connectivity index (χ1n) is 10.4. The van der Waals surface area contributed by atoms with Crippen LogP contribution in [0.2, 0.25) is 0 Å². The van der Waals surface area contributed by atoms with Crippen molar-refractivity contribution in [2.45, 2.75) is 70.2 Å². The van der Waals surface area contributed by atoms with Gasteiger partial charge < -0.3 is 19.5 Å². The Morgan fingerprint density at radius 1 is 1.10 bits per heavy atom. The van der Waals surface area contributed by atoms with E-state index in [0.29, 0.717) is 25.3 Å². The summed E-state index contributed by atoms with van der Waals surface area (Å²) in [5.74, 6) is 0.587. The van der Waals surface area contributed by atoms with Gasteiger partial charge in [-0.3, -0.25) is 9.69 Å². The average Bonchev–Trinajstić information content (AvgIpc) is 3.34. The van der Waals surface area contributed by atoms with Gasteiger partial charge in [-0.25, -0.2) is 4.79 Å². The molecule has 0 saturated carbocycles. The van der Waals surface area contributed by atoms with E-state index in [1.165, 1.54) is 4.90 Å². The zero-order valence-electron chi connectivity index (χ0n) is 17.5. The topological polar surface area (TPSA) is 79.3 Å². The molecule has 0 spiro atoms. The van der Waals surface area contributed by atoms with Crippen LogP contribution in [-0.4, -0.2) is 70.4 Å². The molecule has 2 heterocycles. The first-order chi connectivity index (χ1) is 13.8. The highest BCUT2D eigenvalue weighted by molar-refractivity contribution is 5.86. The number of hydrogen-bond acceptors (Lipinski definition) is 5. The molecule has 1 aromatic carbocycles. The Morgan fingerprint density at radius 3 is 2.45 bits per heavy atom. The van der Waals surface area contributed by atoms with Gasteiger partial charge in [-0.15, -0.1) is 0 Å². The lowest BCUT2D eigenvalue weighted by atomic mass is 10.1. The lowest BCUT2D eigenvalue weighted by Gasteiger charge is -2.34. The number of rotatable bonds is 5. The van der Waals surface area contributed by atoms with Gasteiger partial charge in [-0.05, 0) is 58.6 Å². The van der Waals surface area contributed by atoms with Gasteiger partial charge >= 0.3 is 6.09 Å². The summed E-state index contributed by atoms with van der Waals surface area (Å²) < 4.78 is 11.1. The number of carbonyl (C=O) groups excluding carboxylic acids is 2. The molecule has 0 aliphatic carbocycles. The largest absolute Gasteiger partial charge is 0.491 e. The third kappa shape index (κ3) is 5.41. The Balaban J connectivity index is 1.62. The number of para-hydroxylation sites is 1. The number of aliphatic hydroxyl groups is 1. The van der Waals surface area contributed by atoms with Crippen LogP contribution in [-0.2, 0) is 9.53 Å². The van der Waals surface area contributed by atoms with Crippen molar-refractivity contribution >= 4 is 12.0 Å². The molecule has 3 atom stereocenters. The fourth-order valence-electron chi connectivity index (χ4n) is 4.03. The van der Waals surface area contributed by atoms with Crippen molar-refractivity contribution in [2.24, 2.45) is 0 Å². The highest BCUT2D eigenvalue weighted by Gasteiger charge is 2.43. The Hall–Kier alpha value is -2.28. The summed E-state index contributed by atoms with van der Waals surface area (Å²) >= 11 is 0. The second-order valence-electron chi connectivity index (χ2n) is 8.76. The maximum absolute atomic E-state index is 13.2. The van der Waals surface area contributed by atoms with Crippen molar-refractivity contribution in [3.63, 3.8) is 0 Å². The molecule has 2 amide bonds. The van der Waals surface area contributed by atoms with E-state index >= 15 is 0 Å². The molecule has 0 aromatic heterocycles. The summed E-state index contributed by atoms with van der Waals surface area (Å²) in [7, 11) is 0. The molecule has 160 valence electrons. The van der Waals surface area contributed by atoms with E-state index in [1.54, 1.807) is 4.90 Å². The number of benzene rings is 1. The highest BCUT2D eigenvalue weighted by atomic mass is 16.6. The van der Waals surface area contributed by atoms with E-state index in [9.17, 15) is 14.7 Å². The summed E-state index contributed by atoms with van der Waals surface area (Å²) in [5.41, 5.74) is -0.603. The van der Waals surface area contributed by atoms with Crippen molar-refractivity contribution in [1.82, 2.24) is 9.80 Å². The predicted octanol–water partition coefficient (Wildman–Crippen LogP) is 2.82. The van der Waals surface area contributed by atoms with Crippen molar-refractivity contribution in [1.29, 1.82) is 0 Å². The summed E-state index contributed by atoms with van der Waals surface area (Å²) in [5, 5.41) is 10.7. The van der Waals surface area contributed by atoms with E-state index in [2.05, 4.69) is 0 Å². The van der Waals surface area contributed by atoms with Crippen LogP contribution in [0.1, 0.15) is 46.5 Å². The number of nitrogens with zero attached hydrogens (tertiary/aromatic N) is 2. The highest BCUT2D eigenvalue weighted by Crippen LogP contribution is 2.28. The van der Waals surface area contributed by atoms with E-state index in [-0.39, 0.29) is 18.6 Å². The molecular formula is C22H32N2O5. The zero-order valence-corrected chi connectivity index (χ0v) is 17.5. The summed E-state index contributed by atoms with van der Waals surface area (Å²) in [6.07, 6.45) is 1.73. The normalized spacial score (nSPS) is 23.2. The van der Waals surface area contributed by atoms with Crippen LogP contribution in [0, 0.1) is 0 Å². The lowest BCUT2D eigenvalue weighted by molar-refractivity contribution is -0.139. The average molecular weight is 405 g/mol. The van der Waals surface area contributed by atoms with E-state index in [1.807, 2.05) is 51.1 Å². The fraction of sp³-hybridized carbons (Fsp3) is 0.636.